The zero-order valence-corrected chi connectivity index (χ0v) is 13.8. The molecule has 1 saturated carbocycles. The summed E-state index contributed by atoms with van der Waals surface area (Å²) in [4.78, 5) is 38.2. The minimum Gasteiger partial charge on any atom is -0.368 e. The summed E-state index contributed by atoms with van der Waals surface area (Å²) in [6.07, 6.45) is 4.24. The highest BCUT2D eigenvalue weighted by atomic mass is 16.2. The first-order valence-corrected chi connectivity index (χ1v) is 8.08. The van der Waals surface area contributed by atoms with Gasteiger partial charge in [0.05, 0.1) is 5.92 Å². The third kappa shape index (κ3) is 3.25. The number of carbonyl (C=O) groups excluding carboxylic acids is 3. The molecule has 1 aliphatic carbocycles. The van der Waals surface area contributed by atoms with Crippen LogP contribution in [0.15, 0.2) is 0 Å². The second-order valence-electron chi connectivity index (χ2n) is 7.57. The molecule has 0 bridgehead atoms. The van der Waals surface area contributed by atoms with E-state index in [9.17, 15) is 14.4 Å². The normalized spacial score (nSPS) is 25.1. The van der Waals surface area contributed by atoms with Crippen molar-refractivity contribution in [3.63, 3.8) is 0 Å². The van der Waals surface area contributed by atoms with E-state index in [2.05, 4.69) is 5.32 Å². The van der Waals surface area contributed by atoms with E-state index in [1.165, 1.54) is 0 Å². The van der Waals surface area contributed by atoms with E-state index in [-0.39, 0.29) is 23.8 Å². The van der Waals surface area contributed by atoms with Crippen LogP contribution >= 0.6 is 0 Å². The van der Waals surface area contributed by atoms with E-state index in [4.69, 9.17) is 5.73 Å². The Bertz CT molecular complexity index is 476. The van der Waals surface area contributed by atoms with Crippen molar-refractivity contribution in [2.45, 2.75) is 70.4 Å². The lowest BCUT2D eigenvalue weighted by Gasteiger charge is -2.36. The molecule has 0 aromatic rings. The van der Waals surface area contributed by atoms with Crippen molar-refractivity contribution in [2.75, 3.05) is 6.54 Å². The number of nitrogens with zero attached hydrogens (tertiary/aromatic N) is 1. The zero-order chi connectivity index (χ0) is 16.5. The van der Waals surface area contributed by atoms with Gasteiger partial charge in [0, 0.05) is 18.5 Å². The van der Waals surface area contributed by atoms with E-state index in [1.807, 2.05) is 20.8 Å². The average Bonchev–Trinajstić information content (AvgIpc) is 2.82. The van der Waals surface area contributed by atoms with Crippen molar-refractivity contribution in [1.29, 1.82) is 0 Å². The van der Waals surface area contributed by atoms with Gasteiger partial charge in [-0.2, -0.15) is 0 Å². The van der Waals surface area contributed by atoms with Crippen LogP contribution in [0.2, 0.25) is 0 Å². The summed E-state index contributed by atoms with van der Waals surface area (Å²) in [7, 11) is 0. The summed E-state index contributed by atoms with van der Waals surface area (Å²) < 4.78 is 0. The predicted octanol–water partition coefficient (Wildman–Crippen LogP) is 0.938. The fourth-order valence-corrected chi connectivity index (χ4v) is 3.46. The average molecular weight is 309 g/mol. The topological polar surface area (TPSA) is 92.5 Å². The van der Waals surface area contributed by atoms with E-state index in [0.29, 0.717) is 19.4 Å². The first-order valence-electron chi connectivity index (χ1n) is 8.08. The summed E-state index contributed by atoms with van der Waals surface area (Å²) in [6.45, 7) is 6.27. The Balaban J connectivity index is 2.06. The molecule has 1 saturated heterocycles. The monoisotopic (exact) mass is 309 g/mol. The Labute approximate surface area is 131 Å². The molecule has 3 N–H and O–H groups in total. The zero-order valence-electron chi connectivity index (χ0n) is 13.8. The van der Waals surface area contributed by atoms with E-state index < -0.39 is 17.4 Å². The van der Waals surface area contributed by atoms with Crippen molar-refractivity contribution < 1.29 is 14.4 Å². The fraction of sp³-hybridized carbons (Fsp3) is 0.812. The lowest BCUT2D eigenvalue weighted by atomic mass is 9.80. The lowest BCUT2D eigenvalue weighted by Crippen LogP contribution is -2.59. The van der Waals surface area contributed by atoms with Gasteiger partial charge < -0.3 is 16.0 Å². The number of nitrogens with two attached hydrogens (primary N) is 1. The molecule has 2 aliphatic rings. The number of carbonyl (C=O) groups is 3. The third-order valence-corrected chi connectivity index (χ3v) is 4.85. The van der Waals surface area contributed by atoms with Crippen LogP contribution in [0.4, 0.5) is 0 Å². The molecule has 1 aliphatic heterocycles. The van der Waals surface area contributed by atoms with Gasteiger partial charge in [-0.3, -0.25) is 14.4 Å². The maximum Gasteiger partial charge on any atom is 0.243 e. The van der Waals surface area contributed by atoms with Crippen LogP contribution in [0.3, 0.4) is 0 Å². The first kappa shape index (κ1) is 16.8. The maximum atomic E-state index is 12.5. The van der Waals surface area contributed by atoms with Crippen LogP contribution in [0.25, 0.3) is 0 Å². The standard InChI is InChI=1S/C16H27N3O3/c1-15(2,3)19-10-11(9-12(19)20)13(21)18-16(14(17)22)7-5-4-6-8-16/h11H,4-10H2,1-3H3,(H2,17,22)(H,18,21). The van der Waals surface area contributed by atoms with Crippen LogP contribution < -0.4 is 11.1 Å². The summed E-state index contributed by atoms with van der Waals surface area (Å²) in [6, 6.07) is 0. The van der Waals surface area contributed by atoms with E-state index in [0.717, 1.165) is 19.3 Å². The molecule has 1 unspecified atom stereocenters. The van der Waals surface area contributed by atoms with E-state index >= 15 is 0 Å². The number of rotatable bonds is 3. The van der Waals surface area contributed by atoms with Crippen LogP contribution in [-0.4, -0.2) is 40.2 Å². The number of nitrogens with one attached hydrogen (secondary N) is 1. The molecule has 6 heteroatoms. The highest BCUT2D eigenvalue weighted by molar-refractivity contribution is 5.94. The minimum atomic E-state index is -0.923. The van der Waals surface area contributed by atoms with Gasteiger partial charge in [0.25, 0.3) is 0 Å². The second-order valence-corrected chi connectivity index (χ2v) is 7.57. The molecule has 2 rings (SSSR count). The SMILES string of the molecule is CC(C)(C)N1CC(C(=O)NC2(C(N)=O)CCCCC2)CC1=O. The van der Waals surface area contributed by atoms with Gasteiger partial charge in [0.2, 0.25) is 17.7 Å². The van der Waals surface area contributed by atoms with Gasteiger partial charge in [-0.15, -0.1) is 0 Å². The van der Waals surface area contributed by atoms with Crippen molar-refractivity contribution in [2.24, 2.45) is 11.7 Å². The maximum absolute atomic E-state index is 12.5. The van der Waals surface area contributed by atoms with Gasteiger partial charge in [-0.1, -0.05) is 19.3 Å². The number of hydrogen-bond acceptors (Lipinski definition) is 3. The molecule has 3 amide bonds. The van der Waals surface area contributed by atoms with Gasteiger partial charge >= 0.3 is 0 Å². The van der Waals surface area contributed by atoms with Gasteiger partial charge in [0.15, 0.2) is 0 Å². The summed E-state index contributed by atoms with van der Waals surface area (Å²) in [5, 5.41) is 2.87. The Morgan fingerprint density at radius 2 is 1.82 bits per heavy atom. The van der Waals surface area contributed by atoms with Crippen LogP contribution in [0.5, 0.6) is 0 Å². The predicted molar refractivity (Wildman–Crippen MR) is 82.7 cm³/mol. The van der Waals surface area contributed by atoms with Gasteiger partial charge in [-0.25, -0.2) is 0 Å². The Hall–Kier alpha value is -1.59. The van der Waals surface area contributed by atoms with E-state index in [1.54, 1.807) is 4.90 Å². The third-order valence-electron chi connectivity index (χ3n) is 4.85. The Morgan fingerprint density at radius 3 is 2.27 bits per heavy atom. The molecular formula is C16H27N3O3. The van der Waals surface area contributed by atoms with Crippen molar-refractivity contribution in [1.82, 2.24) is 10.2 Å². The van der Waals surface area contributed by atoms with Crippen molar-refractivity contribution >= 4 is 17.7 Å². The van der Waals surface area contributed by atoms with Crippen molar-refractivity contribution in [3.8, 4) is 0 Å². The lowest BCUT2D eigenvalue weighted by molar-refractivity contribution is -0.135. The van der Waals surface area contributed by atoms with Crippen LogP contribution in [-0.2, 0) is 14.4 Å². The second kappa shape index (κ2) is 5.89. The largest absolute Gasteiger partial charge is 0.368 e. The number of hydrogen-bond donors (Lipinski definition) is 2. The van der Waals surface area contributed by atoms with Gasteiger partial charge in [-0.05, 0) is 33.6 Å². The Morgan fingerprint density at radius 1 is 1.23 bits per heavy atom. The number of likely N-dealkylation sites (tertiary alicyclic amines) is 1. The summed E-state index contributed by atoms with van der Waals surface area (Å²) in [5.41, 5.74) is 4.33. The van der Waals surface area contributed by atoms with Crippen LogP contribution in [0.1, 0.15) is 59.3 Å². The smallest absolute Gasteiger partial charge is 0.243 e. The summed E-state index contributed by atoms with van der Waals surface area (Å²) in [5.74, 6) is -1.09. The number of primary amides is 1. The molecule has 0 radical (unpaired) electrons. The molecule has 1 atom stereocenters. The molecule has 0 aromatic carbocycles. The minimum absolute atomic E-state index is 0.00980. The first-order chi connectivity index (χ1) is 10.2. The van der Waals surface area contributed by atoms with Crippen LogP contribution in [0, 0.1) is 5.92 Å². The molecule has 0 aromatic heterocycles. The molecule has 124 valence electrons. The fourth-order valence-electron chi connectivity index (χ4n) is 3.46. The molecule has 1 heterocycles. The molecule has 2 fully saturated rings. The molecule has 22 heavy (non-hydrogen) atoms. The highest BCUT2D eigenvalue weighted by Gasteiger charge is 2.44. The quantitative estimate of drug-likeness (QED) is 0.812. The highest BCUT2D eigenvalue weighted by Crippen LogP contribution is 2.30. The van der Waals surface area contributed by atoms with Crippen molar-refractivity contribution in [3.05, 3.63) is 0 Å². The number of amides is 3. The molecule has 6 nitrogen and oxygen atoms in total. The molecular weight excluding hydrogens is 282 g/mol. The van der Waals surface area contributed by atoms with Gasteiger partial charge in [0.1, 0.15) is 5.54 Å². The Kier molecular flexibility index (Phi) is 4.49. The summed E-state index contributed by atoms with van der Waals surface area (Å²) >= 11 is 0. The molecule has 0 spiro atoms.